The highest BCUT2D eigenvalue weighted by atomic mass is 32.2. The molecule has 1 aliphatic rings. The molecule has 0 spiro atoms. The Morgan fingerprint density at radius 2 is 2.14 bits per heavy atom. The second-order valence-electron chi connectivity index (χ2n) is 4.62. The molecule has 1 atom stereocenters. The monoisotopic (exact) mass is 323 g/mol. The number of rotatable bonds is 6. The summed E-state index contributed by atoms with van der Waals surface area (Å²) in [4.78, 5) is 0. The molecule has 8 heteroatoms. The third-order valence-electron chi connectivity index (χ3n) is 2.95. The van der Waals surface area contributed by atoms with Crippen molar-refractivity contribution < 1.29 is 22.3 Å². The minimum absolute atomic E-state index is 0.123. The zero-order valence-corrected chi connectivity index (χ0v) is 12.9. The number of hydrogen-bond acceptors (Lipinski definition) is 6. The van der Waals surface area contributed by atoms with Gasteiger partial charge in [-0.05, 0) is 12.1 Å². The molecule has 118 valence electrons. The first-order chi connectivity index (χ1) is 10.5. The smallest absolute Gasteiger partial charge is 0.340 e. The molecule has 0 amide bonds. The van der Waals surface area contributed by atoms with Gasteiger partial charge >= 0.3 is 6.23 Å². The van der Waals surface area contributed by atoms with Crippen LogP contribution in [0.3, 0.4) is 0 Å². The summed E-state index contributed by atoms with van der Waals surface area (Å²) in [6, 6.07) is 9.60. The van der Waals surface area contributed by atoms with Crippen LogP contribution in [0.1, 0.15) is 6.42 Å². The standard InChI is InChI=1S/C14H17N3O4S/c1-16(13-6-3-2-4-7-13)15-12-14-17(9-10-21-14)8-5-11-22(18,19)20/h2-4,6-10,12,14H,5,11H2,1H3. The molecule has 1 unspecified atom stereocenters. The Morgan fingerprint density at radius 1 is 1.41 bits per heavy atom. The summed E-state index contributed by atoms with van der Waals surface area (Å²) in [5, 5.41) is 5.98. The van der Waals surface area contributed by atoms with Gasteiger partial charge < -0.3 is 9.29 Å². The Morgan fingerprint density at radius 3 is 2.82 bits per heavy atom. The Hall–Kier alpha value is -2.19. The lowest BCUT2D eigenvalue weighted by Gasteiger charge is -2.12. The second-order valence-corrected chi connectivity index (χ2v) is 6.14. The molecule has 0 saturated carbocycles. The third-order valence-corrected chi connectivity index (χ3v) is 3.69. The molecule has 0 bridgehead atoms. The summed E-state index contributed by atoms with van der Waals surface area (Å²) in [5.41, 5.74) is 0.928. The highest BCUT2D eigenvalue weighted by Gasteiger charge is 2.22. The Kier molecular flexibility index (Phi) is 5.29. The van der Waals surface area contributed by atoms with Gasteiger partial charge in [0.2, 0.25) is 6.20 Å². The number of nitrogens with zero attached hydrogens (tertiary/aromatic N) is 3. The predicted octanol–water partition coefficient (Wildman–Crippen LogP) is 0.955. The normalized spacial score (nSPS) is 19.7. The van der Waals surface area contributed by atoms with E-state index in [2.05, 4.69) is 5.10 Å². The van der Waals surface area contributed by atoms with Gasteiger partial charge in [-0.15, -0.1) is 0 Å². The molecule has 1 aromatic rings. The van der Waals surface area contributed by atoms with Gasteiger partial charge in [0, 0.05) is 19.2 Å². The first-order valence-electron chi connectivity index (χ1n) is 6.65. The van der Waals surface area contributed by atoms with Crippen molar-refractivity contribution in [1.82, 2.24) is 0 Å². The van der Waals surface area contributed by atoms with Gasteiger partial charge in [0.15, 0.2) is 12.5 Å². The van der Waals surface area contributed by atoms with Crippen LogP contribution in [0.5, 0.6) is 0 Å². The maximum absolute atomic E-state index is 10.6. The molecule has 1 aromatic carbocycles. The van der Waals surface area contributed by atoms with E-state index >= 15 is 0 Å². The van der Waals surface area contributed by atoms with E-state index in [1.165, 1.54) is 6.26 Å². The molecule has 0 saturated heterocycles. The fraction of sp³-hybridized carbons (Fsp3) is 0.286. The van der Waals surface area contributed by atoms with Crippen LogP contribution in [0.4, 0.5) is 5.69 Å². The first kappa shape index (κ1) is 16.2. The van der Waals surface area contributed by atoms with Gasteiger partial charge in [0.05, 0.1) is 15.8 Å². The van der Waals surface area contributed by atoms with Gasteiger partial charge in [0.1, 0.15) is 6.21 Å². The Bertz CT molecular complexity index is 683. The summed E-state index contributed by atoms with van der Waals surface area (Å²) < 4.78 is 38.8. The van der Waals surface area contributed by atoms with Crippen LogP contribution in [0.15, 0.2) is 47.9 Å². The summed E-state index contributed by atoms with van der Waals surface area (Å²) in [5.74, 6) is -0.439. The molecule has 22 heavy (non-hydrogen) atoms. The molecule has 0 radical (unpaired) electrons. The topological polar surface area (TPSA) is 85.0 Å². The molecule has 2 rings (SSSR count). The molecule has 1 aliphatic heterocycles. The van der Waals surface area contributed by atoms with E-state index in [1.807, 2.05) is 37.4 Å². The number of benzene rings is 1. The van der Waals surface area contributed by atoms with Gasteiger partial charge in [-0.2, -0.15) is 9.68 Å². The van der Waals surface area contributed by atoms with E-state index in [4.69, 9.17) is 4.74 Å². The van der Waals surface area contributed by atoms with E-state index in [1.54, 1.807) is 28.2 Å². The molecule has 0 N–H and O–H groups in total. The van der Waals surface area contributed by atoms with Crippen molar-refractivity contribution in [3.8, 4) is 0 Å². The van der Waals surface area contributed by atoms with Crippen LogP contribution in [0.25, 0.3) is 0 Å². The van der Waals surface area contributed by atoms with Gasteiger partial charge in [0.25, 0.3) is 0 Å². The van der Waals surface area contributed by atoms with E-state index in [0.29, 0.717) is 0 Å². The molecule has 0 aliphatic carbocycles. The van der Waals surface area contributed by atoms with Crippen molar-refractivity contribution in [3.63, 3.8) is 0 Å². The lowest BCUT2D eigenvalue weighted by Crippen LogP contribution is -2.24. The van der Waals surface area contributed by atoms with Crippen molar-refractivity contribution in [3.05, 3.63) is 42.8 Å². The molecular formula is C14H17N3O4S. The summed E-state index contributed by atoms with van der Waals surface area (Å²) in [6.07, 6.45) is 5.99. The predicted molar refractivity (Wildman–Crippen MR) is 82.9 cm³/mol. The molecule has 1 heterocycles. The first-order valence-corrected chi connectivity index (χ1v) is 8.23. The van der Waals surface area contributed by atoms with Crippen molar-refractivity contribution >= 4 is 28.2 Å². The SMILES string of the molecule is CN(N=CC1OC=C[N+]1=CCCS(=O)(=O)[O-])c1ccccc1. The Balaban J connectivity index is 1.97. The average molecular weight is 323 g/mol. The fourth-order valence-corrected chi connectivity index (χ4v) is 2.23. The molecule has 0 aromatic heterocycles. The highest BCUT2D eigenvalue weighted by Crippen LogP contribution is 2.11. The quantitative estimate of drug-likeness (QED) is 0.337. The largest absolute Gasteiger partial charge is 0.748 e. The van der Waals surface area contributed by atoms with Crippen LogP contribution in [0, 0.1) is 0 Å². The second kappa shape index (κ2) is 7.19. The third kappa shape index (κ3) is 4.97. The lowest BCUT2D eigenvalue weighted by molar-refractivity contribution is -0.502. The maximum Gasteiger partial charge on any atom is 0.340 e. The van der Waals surface area contributed by atoms with Gasteiger partial charge in [-0.3, -0.25) is 5.01 Å². The molecule has 0 fully saturated rings. The van der Waals surface area contributed by atoms with Crippen LogP contribution in [0.2, 0.25) is 0 Å². The van der Waals surface area contributed by atoms with Crippen molar-refractivity contribution in [2.45, 2.75) is 12.6 Å². The number of hydrogen-bond donors (Lipinski definition) is 0. The van der Waals surface area contributed by atoms with Crippen LogP contribution < -0.4 is 5.01 Å². The zero-order chi connectivity index (χ0) is 16.0. The van der Waals surface area contributed by atoms with Gasteiger partial charge in [-0.1, -0.05) is 18.2 Å². The highest BCUT2D eigenvalue weighted by molar-refractivity contribution is 7.85. The van der Waals surface area contributed by atoms with Gasteiger partial charge in [-0.25, -0.2) is 8.42 Å². The van der Waals surface area contributed by atoms with Crippen molar-refractivity contribution in [2.24, 2.45) is 5.10 Å². The summed E-state index contributed by atoms with van der Waals surface area (Å²) in [7, 11) is -2.40. The zero-order valence-electron chi connectivity index (χ0n) is 12.1. The van der Waals surface area contributed by atoms with Crippen LogP contribution in [-0.4, -0.2) is 49.0 Å². The number of ether oxygens (including phenoxy) is 1. The van der Waals surface area contributed by atoms with Crippen LogP contribution in [-0.2, 0) is 14.9 Å². The van der Waals surface area contributed by atoms with E-state index in [9.17, 15) is 13.0 Å². The van der Waals surface area contributed by atoms with E-state index in [-0.39, 0.29) is 6.42 Å². The average Bonchev–Trinajstić information content (AvgIpc) is 2.92. The Labute approximate surface area is 129 Å². The van der Waals surface area contributed by atoms with Crippen LogP contribution >= 0.6 is 0 Å². The minimum Gasteiger partial charge on any atom is -0.748 e. The number of para-hydroxylation sites is 1. The van der Waals surface area contributed by atoms with E-state index < -0.39 is 22.1 Å². The van der Waals surface area contributed by atoms with E-state index in [0.717, 1.165) is 5.69 Å². The molecular weight excluding hydrogens is 306 g/mol. The molecule has 7 nitrogen and oxygen atoms in total. The number of anilines is 1. The summed E-state index contributed by atoms with van der Waals surface area (Å²) in [6.45, 7) is 0. The maximum atomic E-state index is 10.6. The number of hydrazone groups is 1. The minimum atomic E-state index is -4.21. The lowest BCUT2D eigenvalue weighted by atomic mass is 10.3. The van der Waals surface area contributed by atoms with Crippen molar-refractivity contribution in [2.75, 3.05) is 17.8 Å². The van der Waals surface area contributed by atoms with Crippen molar-refractivity contribution in [1.29, 1.82) is 0 Å². The summed E-state index contributed by atoms with van der Waals surface area (Å²) >= 11 is 0. The fourth-order valence-electron chi connectivity index (χ4n) is 1.83.